The Balaban J connectivity index is 1.84. The Morgan fingerprint density at radius 3 is 2.81 bits per heavy atom. The molecule has 0 bridgehead atoms. The second-order valence-corrected chi connectivity index (χ2v) is 7.18. The van der Waals surface area contributed by atoms with Crippen molar-refractivity contribution in [2.75, 3.05) is 6.61 Å². The van der Waals surface area contributed by atoms with Crippen LogP contribution in [-0.4, -0.2) is 28.6 Å². The molecule has 2 heterocycles. The van der Waals surface area contributed by atoms with E-state index in [0.717, 1.165) is 42.8 Å². The van der Waals surface area contributed by atoms with Crippen molar-refractivity contribution >= 4 is 17.2 Å². The number of rotatable bonds is 12. The summed E-state index contributed by atoms with van der Waals surface area (Å²) in [4.78, 5) is 19.2. The summed E-state index contributed by atoms with van der Waals surface area (Å²) in [7, 11) is 0. The molecule has 1 N–H and O–H groups in total. The minimum atomic E-state index is -0.417. The molecular formula is C19H29N3O3S. The lowest BCUT2D eigenvalue weighted by Gasteiger charge is -2.16. The number of hydroxylamine groups is 1. The standard InChI is InChI=1S/C19H29N3O3S/c1-4-7-8-14-24-18(6-3)25-21-19(23)17-10-9-16(26-17)15-11-13-22(20-15)12-5-2/h9-11,13,18H,4-8,12,14H2,1-3H3,(H,21,23). The van der Waals surface area contributed by atoms with Crippen LogP contribution >= 0.6 is 11.3 Å². The third-order valence-electron chi connectivity index (χ3n) is 3.84. The number of unbranched alkanes of at least 4 members (excludes halogenated alkanes) is 2. The van der Waals surface area contributed by atoms with Crippen LogP contribution in [0.25, 0.3) is 10.6 Å². The fraction of sp³-hybridized carbons (Fsp3) is 0.579. The van der Waals surface area contributed by atoms with Crippen molar-refractivity contribution in [3.8, 4) is 10.6 Å². The fourth-order valence-corrected chi connectivity index (χ4v) is 3.27. The predicted octanol–water partition coefficient (Wildman–Crippen LogP) is 4.63. The van der Waals surface area contributed by atoms with E-state index in [4.69, 9.17) is 9.57 Å². The Morgan fingerprint density at radius 1 is 1.23 bits per heavy atom. The topological polar surface area (TPSA) is 65.4 Å². The molecule has 2 aromatic rings. The normalized spacial score (nSPS) is 12.3. The van der Waals surface area contributed by atoms with Crippen LogP contribution in [0.2, 0.25) is 0 Å². The minimum absolute atomic E-state index is 0.259. The lowest BCUT2D eigenvalue weighted by molar-refractivity contribution is -0.170. The zero-order valence-corrected chi connectivity index (χ0v) is 16.7. The number of aromatic nitrogens is 2. The molecule has 2 aromatic heterocycles. The van der Waals surface area contributed by atoms with Gasteiger partial charge in [-0.05, 0) is 37.5 Å². The second kappa shape index (κ2) is 11.1. The number of thiophene rings is 1. The van der Waals surface area contributed by atoms with Gasteiger partial charge in [-0.1, -0.05) is 33.6 Å². The first-order valence-corrected chi connectivity index (χ1v) is 10.2. The summed E-state index contributed by atoms with van der Waals surface area (Å²) in [5, 5.41) is 4.52. The van der Waals surface area contributed by atoms with Crippen molar-refractivity contribution < 1.29 is 14.4 Å². The lowest BCUT2D eigenvalue weighted by Crippen LogP contribution is -2.30. The number of nitrogens with one attached hydrogen (secondary N) is 1. The number of hydrogen-bond donors (Lipinski definition) is 1. The molecule has 0 fully saturated rings. The molecule has 0 spiro atoms. The molecular weight excluding hydrogens is 350 g/mol. The average molecular weight is 380 g/mol. The Hall–Kier alpha value is -1.70. The van der Waals surface area contributed by atoms with Crippen molar-refractivity contribution in [2.24, 2.45) is 0 Å². The highest BCUT2D eigenvalue weighted by Gasteiger charge is 2.14. The van der Waals surface area contributed by atoms with Gasteiger partial charge >= 0.3 is 0 Å². The van der Waals surface area contributed by atoms with E-state index in [-0.39, 0.29) is 5.91 Å². The molecule has 0 saturated carbocycles. The van der Waals surface area contributed by atoms with Crippen LogP contribution in [0, 0.1) is 0 Å². The first-order chi connectivity index (χ1) is 12.7. The summed E-state index contributed by atoms with van der Waals surface area (Å²) in [5.74, 6) is -0.259. The maximum Gasteiger partial charge on any atom is 0.285 e. The summed E-state index contributed by atoms with van der Waals surface area (Å²) < 4.78 is 7.55. The first kappa shape index (κ1) is 20.6. The molecule has 0 radical (unpaired) electrons. The SMILES string of the molecule is CCCCCOC(CC)ONC(=O)c1ccc(-c2ccn(CCC)n2)s1. The summed E-state index contributed by atoms with van der Waals surface area (Å²) in [6.07, 6.45) is 6.54. The van der Waals surface area contributed by atoms with Gasteiger partial charge < -0.3 is 4.74 Å². The summed E-state index contributed by atoms with van der Waals surface area (Å²) in [6.45, 7) is 7.77. The van der Waals surface area contributed by atoms with Gasteiger partial charge in [0.25, 0.3) is 5.91 Å². The molecule has 2 rings (SSSR count). The second-order valence-electron chi connectivity index (χ2n) is 6.09. The average Bonchev–Trinajstić information content (AvgIpc) is 3.30. The van der Waals surface area contributed by atoms with Gasteiger partial charge in [0, 0.05) is 19.3 Å². The molecule has 0 aromatic carbocycles. The third kappa shape index (κ3) is 6.23. The number of carbonyl (C=O) groups is 1. The number of ether oxygens (including phenoxy) is 1. The Bertz CT molecular complexity index is 669. The van der Waals surface area contributed by atoms with Gasteiger partial charge in [0.15, 0.2) is 6.29 Å². The van der Waals surface area contributed by atoms with Crippen LogP contribution in [-0.2, 0) is 16.1 Å². The molecule has 0 aliphatic carbocycles. The van der Waals surface area contributed by atoms with Gasteiger partial charge in [-0.2, -0.15) is 5.10 Å². The van der Waals surface area contributed by atoms with E-state index in [0.29, 0.717) is 17.9 Å². The minimum Gasteiger partial charge on any atom is -0.350 e. The zero-order valence-electron chi connectivity index (χ0n) is 15.9. The molecule has 1 atom stereocenters. The number of amides is 1. The molecule has 1 unspecified atom stereocenters. The summed E-state index contributed by atoms with van der Waals surface area (Å²) in [6, 6.07) is 5.67. The molecule has 144 valence electrons. The van der Waals surface area contributed by atoms with Crippen molar-refractivity contribution in [1.82, 2.24) is 15.3 Å². The van der Waals surface area contributed by atoms with Crippen LogP contribution in [0.1, 0.15) is 62.5 Å². The largest absolute Gasteiger partial charge is 0.350 e. The van der Waals surface area contributed by atoms with Crippen LogP contribution in [0.4, 0.5) is 0 Å². The maximum atomic E-state index is 12.3. The molecule has 0 aliphatic heterocycles. The maximum absolute atomic E-state index is 12.3. The summed E-state index contributed by atoms with van der Waals surface area (Å²) in [5.41, 5.74) is 3.39. The Kier molecular flexibility index (Phi) is 8.80. The van der Waals surface area contributed by atoms with Crippen molar-refractivity contribution in [3.63, 3.8) is 0 Å². The van der Waals surface area contributed by atoms with Gasteiger partial charge in [0.2, 0.25) is 0 Å². The molecule has 6 nitrogen and oxygen atoms in total. The zero-order chi connectivity index (χ0) is 18.8. The van der Waals surface area contributed by atoms with Crippen LogP contribution < -0.4 is 5.48 Å². The van der Waals surface area contributed by atoms with Crippen molar-refractivity contribution in [3.05, 3.63) is 29.3 Å². The molecule has 7 heteroatoms. The Morgan fingerprint density at radius 2 is 2.08 bits per heavy atom. The molecule has 26 heavy (non-hydrogen) atoms. The van der Waals surface area contributed by atoms with E-state index in [1.54, 1.807) is 6.07 Å². The van der Waals surface area contributed by atoms with Gasteiger partial charge in [-0.25, -0.2) is 10.3 Å². The first-order valence-electron chi connectivity index (χ1n) is 9.39. The lowest BCUT2D eigenvalue weighted by atomic mass is 10.3. The highest BCUT2D eigenvalue weighted by atomic mass is 32.1. The van der Waals surface area contributed by atoms with E-state index < -0.39 is 6.29 Å². The van der Waals surface area contributed by atoms with Gasteiger partial charge in [0.1, 0.15) is 5.69 Å². The van der Waals surface area contributed by atoms with Gasteiger partial charge in [-0.3, -0.25) is 9.48 Å². The fourth-order valence-electron chi connectivity index (χ4n) is 2.42. The molecule has 0 saturated heterocycles. The van der Waals surface area contributed by atoms with Gasteiger partial charge in [0.05, 0.1) is 9.75 Å². The van der Waals surface area contributed by atoms with Gasteiger partial charge in [-0.15, -0.1) is 11.3 Å². The van der Waals surface area contributed by atoms with Crippen LogP contribution in [0.15, 0.2) is 24.4 Å². The number of nitrogens with zero attached hydrogens (tertiary/aromatic N) is 2. The Labute approximate surface area is 159 Å². The van der Waals surface area contributed by atoms with E-state index in [9.17, 15) is 4.79 Å². The predicted molar refractivity (Wildman–Crippen MR) is 104 cm³/mol. The third-order valence-corrected chi connectivity index (χ3v) is 4.95. The molecule has 0 aliphatic rings. The van der Waals surface area contributed by atoms with Crippen LogP contribution in [0.5, 0.6) is 0 Å². The van der Waals surface area contributed by atoms with Crippen molar-refractivity contribution in [1.29, 1.82) is 0 Å². The van der Waals surface area contributed by atoms with Crippen LogP contribution in [0.3, 0.4) is 0 Å². The quantitative estimate of drug-likeness (QED) is 0.332. The highest BCUT2D eigenvalue weighted by molar-refractivity contribution is 7.17. The smallest absolute Gasteiger partial charge is 0.285 e. The highest BCUT2D eigenvalue weighted by Crippen LogP contribution is 2.26. The number of carbonyl (C=O) groups excluding carboxylic acids is 1. The van der Waals surface area contributed by atoms with E-state index in [1.807, 2.05) is 29.9 Å². The number of aryl methyl sites for hydroxylation is 1. The monoisotopic (exact) mass is 379 g/mol. The van der Waals surface area contributed by atoms with E-state index >= 15 is 0 Å². The van der Waals surface area contributed by atoms with E-state index in [1.165, 1.54) is 11.3 Å². The van der Waals surface area contributed by atoms with E-state index in [2.05, 4.69) is 24.4 Å². The number of hydrogen-bond acceptors (Lipinski definition) is 5. The summed E-state index contributed by atoms with van der Waals surface area (Å²) >= 11 is 1.40. The molecule has 1 amide bonds. The van der Waals surface area contributed by atoms with Crippen molar-refractivity contribution in [2.45, 2.75) is 65.7 Å².